The Kier molecular flexibility index (Phi) is 6.79. The summed E-state index contributed by atoms with van der Waals surface area (Å²) in [5.41, 5.74) is 2.60. The summed E-state index contributed by atoms with van der Waals surface area (Å²) < 4.78 is 5.60. The minimum Gasteiger partial charge on any atom is -0.494 e. The number of hydrogen-bond donors (Lipinski definition) is 1. The summed E-state index contributed by atoms with van der Waals surface area (Å²) in [5.74, 6) is 0.364. The molecule has 2 rings (SSSR count). The predicted molar refractivity (Wildman–Crippen MR) is 100 cm³/mol. The number of nitriles is 1. The molecule has 0 aromatic heterocycles. The molecule has 0 bridgehead atoms. The van der Waals surface area contributed by atoms with E-state index in [-0.39, 0.29) is 5.57 Å². The van der Waals surface area contributed by atoms with E-state index in [2.05, 4.69) is 12.2 Å². The van der Waals surface area contributed by atoms with Gasteiger partial charge in [0.05, 0.1) is 6.61 Å². The summed E-state index contributed by atoms with van der Waals surface area (Å²) in [6.07, 6.45) is 3.67. The molecule has 0 spiro atoms. The molecule has 0 aliphatic carbocycles. The Labute approximate surface area is 148 Å². The third-order valence-electron chi connectivity index (χ3n) is 3.63. The maximum absolute atomic E-state index is 12.2. The number of amides is 1. The van der Waals surface area contributed by atoms with Crippen molar-refractivity contribution >= 4 is 17.7 Å². The van der Waals surface area contributed by atoms with Crippen molar-refractivity contribution in [3.05, 3.63) is 65.2 Å². The van der Waals surface area contributed by atoms with Gasteiger partial charge in [-0.15, -0.1) is 0 Å². The third-order valence-corrected chi connectivity index (χ3v) is 3.63. The van der Waals surface area contributed by atoms with Gasteiger partial charge in [-0.05, 0) is 49.2 Å². The fraction of sp³-hybridized carbons (Fsp3) is 0.238. The topological polar surface area (TPSA) is 62.1 Å². The molecule has 0 unspecified atom stereocenters. The molecule has 4 heteroatoms. The zero-order valence-electron chi connectivity index (χ0n) is 14.6. The van der Waals surface area contributed by atoms with E-state index in [0.717, 1.165) is 29.7 Å². The van der Waals surface area contributed by atoms with Gasteiger partial charge in [0.25, 0.3) is 5.91 Å². The molecule has 2 aromatic carbocycles. The van der Waals surface area contributed by atoms with Crippen molar-refractivity contribution in [1.82, 2.24) is 0 Å². The molecule has 0 atom stereocenters. The summed E-state index contributed by atoms with van der Waals surface area (Å²) in [6, 6.07) is 16.7. The van der Waals surface area contributed by atoms with E-state index >= 15 is 0 Å². The summed E-state index contributed by atoms with van der Waals surface area (Å²) in [4.78, 5) is 12.2. The molecule has 1 N–H and O–H groups in total. The van der Waals surface area contributed by atoms with Gasteiger partial charge in [0.1, 0.15) is 17.4 Å². The first-order valence-electron chi connectivity index (χ1n) is 8.35. The average molecular weight is 334 g/mol. The molecule has 0 radical (unpaired) electrons. The van der Waals surface area contributed by atoms with E-state index in [1.807, 2.05) is 61.5 Å². The molecule has 0 heterocycles. The fourth-order valence-electron chi connectivity index (χ4n) is 2.15. The lowest BCUT2D eigenvalue weighted by Gasteiger charge is -2.06. The lowest BCUT2D eigenvalue weighted by Crippen LogP contribution is -2.13. The first kappa shape index (κ1) is 18.3. The summed E-state index contributed by atoms with van der Waals surface area (Å²) >= 11 is 0. The molecule has 0 aliphatic heterocycles. The highest BCUT2D eigenvalue weighted by Gasteiger charge is 2.09. The molecule has 0 aliphatic rings. The molecule has 0 saturated heterocycles. The van der Waals surface area contributed by atoms with E-state index in [4.69, 9.17) is 4.74 Å². The van der Waals surface area contributed by atoms with Gasteiger partial charge in [0.15, 0.2) is 0 Å². The smallest absolute Gasteiger partial charge is 0.266 e. The van der Waals surface area contributed by atoms with Crippen LogP contribution in [-0.4, -0.2) is 12.5 Å². The molecule has 0 fully saturated rings. The van der Waals surface area contributed by atoms with Crippen LogP contribution in [0.1, 0.15) is 30.9 Å². The zero-order chi connectivity index (χ0) is 18.1. The van der Waals surface area contributed by atoms with Gasteiger partial charge in [-0.2, -0.15) is 5.26 Å². The number of ether oxygens (including phenoxy) is 1. The Morgan fingerprint density at radius 3 is 2.44 bits per heavy atom. The lowest BCUT2D eigenvalue weighted by atomic mass is 10.1. The second-order valence-corrected chi connectivity index (χ2v) is 5.76. The third kappa shape index (κ3) is 5.82. The highest BCUT2D eigenvalue weighted by molar-refractivity contribution is 6.09. The quantitative estimate of drug-likeness (QED) is 0.453. The van der Waals surface area contributed by atoms with Crippen LogP contribution in [0.4, 0.5) is 5.69 Å². The Hall–Kier alpha value is -3.06. The van der Waals surface area contributed by atoms with Gasteiger partial charge in [0.2, 0.25) is 0 Å². The number of aryl methyl sites for hydroxylation is 1. The van der Waals surface area contributed by atoms with Gasteiger partial charge < -0.3 is 10.1 Å². The normalized spacial score (nSPS) is 10.8. The molecule has 128 valence electrons. The van der Waals surface area contributed by atoms with Gasteiger partial charge in [0, 0.05) is 5.69 Å². The molecule has 1 amide bonds. The highest BCUT2D eigenvalue weighted by Crippen LogP contribution is 2.16. The Balaban J connectivity index is 2.04. The van der Waals surface area contributed by atoms with Gasteiger partial charge in [-0.25, -0.2) is 0 Å². The Morgan fingerprint density at radius 1 is 1.16 bits per heavy atom. The van der Waals surface area contributed by atoms with Crippen molar-refractivity contribution in [2.75, 3.05) is 11.9 Å². The van der Waals surface area contributed by atoms with Crippen LogP contribution in [0.3, 0.4) is 0 Å². The van der Waals surface area contributed by atoms with Crippen LogP contribution in [0.25, 0.3) is 6.08 Å². The van der Waals surface area contributed by atoms with Crippen molar-refractivity contribution in [3.8, 4) is 11.8 Å². The van der Waals surface area contributed by atoms with Crippen LogP contribution in [0.5, 0.6) is 5.75 Å². The van der Waals surface area contributed by atoms with Crippen molar-refractivity contribution in [2.45, 2.75) is 26.7 Å². The van der Waals surface area contributed by atoms with Crippen LogP contribution < -0.4 is 10.1 Å². The number of nitrogens with one attached hydrogen (secondary N) is 1. The molecule has 4 nitrogen and oxygen atoms in total. The zero-order valence-corrected chi connectivity index (χ0v) is 14.6. The summed E-state index contributed by atoms with van der Waals surface area (Å²) in [5, 5.41) is 12.0. The summed E-state index contributed by atoms with van der Waals surface area (Å²) in [6.45, 7) is 4.78. The van der Waals surface area contributed by atoms with Gasteiger partial charge in [-0.3, -0.25) is 4.79 Å². The van der Waals surface area contributed by atoms with Crippen LogP contribution in [0.15, 0.2) is 54.1 Å². The number of benzene rings is 2. The average Bonchev–Trinajstić information content (AvgIpc) is 2.63. The highest BCUT2D eigenvalue weighted by atomic mass is 16.5. The number of carbonyl (C=O) groups excluding carboxylic acids is 1. The van der Waals surface area contributed by atoms with Crippen LogP contribution >= 0.6 is 0 Å². The van der Waals surface area contributed by atoms with Crippen molar-refractivity contribution < 1.29 is 9.53 Å². The number of hydrogen-bond acceptors (Lipinski definition) is 3. The Bertz CT molecular complexity index is 769. The van der Waals surface area contributed by atoms with E-state index in [0.29, 0.717) is 12.3 Å². The van der Waals surface area contributed by atoms with Gasteiger partial charge in [-0.1, -0.05) is 43.2 Å². The van der Waals surface area contributed by atoms with Crippen LogP contribution in [0, 0.1) is 18.3 Å². The monoisotopic (exact) mass is 334 g/mol. The number of carbonyl (C=O) groups is 1. The predicted octanol–water partition coefficient (Wildman–Crippen LogP) is 4.72. The number of nitrogens with zero attached hydrogens (tertiary/aromatic N) is 1. The van der Waals surface area contributed by atoms with E-state index in [9.17, 15) is 10.1 Å². The maximum Gasteiger partial charge on any atom is 0.266 e. The SMILES string of the molecule is CCCCOc1ccc(/C=C(\C#N)C(=O)Nc2ccc(C)cc2)cc1. The molecule has 0 saturated carbocycles. The standard InChI is InChI=1S/C21H22N2O2/c1-3-4-13-25-20-11-7-17(8-12-20)14-18(15-22)21(24)23-19-9-5-16(2)6-10-19/h5-12,14H,3-4,13H2,1-2H3,(H,23,24)/b18-14+. The molecular formula is C21H22N2O2. The first-order chi connectivity index (χ1) is 12.1. The minimum atomic E-state index is -0.422. The van der Waals surface area contributed by atoms with Crippen LogP contribution in [-0.2, 0) is 4.79 Å². The first-order valence-corrected chi connectivity index (χ1v) is 8.35. The molecular weight excluding hydrogens is 312 g/mol. The largest absolute Gasteiger partial charge is 0.494 e. The number of rotatable bonds is 7. The lowest BCUT2D eigenvalue weighted by molar-refractivity contribution is -0.112. The van der Waals surface area contributed by atoms with E-state index in [1.54, 1.807) is 6.08 Å². The fourth-order valence-corrected chi connectivity index (χ4v) is 2.15. The summed E-state index contributed by atoms with van der Waals surface area (Å²) in [7, 11) is 0. The second-order valence-electron chi connectivity index (χ2n) is 5.76. The van der Waals surface area contributed by atoms with Crippen molar-refractivity contribution in [2.24, 2.45) is 0 Å². The van der Waals surface area contributed by atoms with E-state index < -0.39 is 5.91 Å². The van der Waals surface area contributed by atoms with Gasteiger partial charge >= 0.3 is 0 Å². The number of anilines is 1. The van der Waals surface area contributed by atoms with Crippen molar-refractivity contribution in [1.29, 1.82) is 5.26 Å². The van der Waals surface area contributed by atoms with E-state index in [1.165, 1.54) is 0 Å². The van der Waals surface area contributed by atoms with Crippen LogP contribution in [0.2, 0.25) is 0 Å². The number of unbranched alkanes of at least 4 members (excludes halogenated alkanes) is 1. The second kappa shape index (κ2) is 9.29. The molecule has 25 heavy (non-hydrogen) atoms. The maximum atomic E-state index is 12.2. The molecule has 2 aromatic rings. The minimum absolute atomic E-state index is 0.0558. The Morgan fingerprint density at radius 2 is 1.84 bits per heavy atom. The van der Waals surface area contributed by atoms with Crippen molar-refractivity contribution in [3.63, 3.8) is 0 Å².